The first-order valence-corrected chi connectivity index (χ1v) is 9.49. The quantitative estimate of drug-likeness (QED) is 0.690. The molecule has 0 saturated carbocycles. The lowest BCUT2D eigenvalue weighted by atomic mass is 10.2. The maximum atomic E-state index is 12.4. The molecule has 0 bridgehead atoms. The van der Waals surface area contributed by atoms with Crippen molar-refractivity contribution in [2.75, 3.05) is 5.32 Å². The second-order valence-corrected chi connectivity index (χ2v) is 7.47. The third-order valence-corrected chi connectivity index (χ3v) is 5.30. The van der Waals surface area contributed by atoms with Crippen LogP contribution in [0.1, 0.15) is 16.8 Å². The molecule has 1 N–H and O–H groups in total. The predicted octanol–water partition coefficient (Wildman–Crippen LogP) is 4.77. The number of nitrogens with one attached hydrogen (secondary N) is 1. The van der Waals surface area contributed by atoms with Gasteiger partial charge in [-0.05, 0) is 43.7 Å². The highest BCUT2D eigenvalue weighted by molar-refractivity contribution is 7.07. The van der Waals surface area contributed by atoms with Gasteiger partial charge in [-0.15, -0.1) is 11.3 Å². The number of carbonyl (C=O) groups is 1. The summed E-state index contributed by atoms with van der Waals surface area (Å²) in [5, 5.41) is 5.37. The number of anilines is 1. The molecule has 0 atom stereocenters. The van der Waals surface area contributed by atoms with E-state index in [0.29, 0.717) is 10.7 Å². The standard InChI is InChI=1S/C20H20ClN3OS/c1-13-4-7-15(8-5-13)22-20-24(3)16(12-26-20)11-19(25)23-18-9-6-14(2)10-17(18)21/h4-10,12H,11H2,1-3H3,(H,23,25). The number of hydrogen-bond acceptors (Lipinski definition) is 3. The molecule has 3 aromatic rings. The molecule has 0 unspecified atom stereocenters. The highest BCUT2D eigenvalue weighted by Crippen LogP contribution is 2.23. The van der Waals surface area contributed by atoms with E-state index in [0.717, 1.165) is 21.7 Å². The Morgan fingerprint density at radius 2 is 1.85 bits per heavy atom. The molecule has 1 amide bonds. The fourth-order valence-electron chi connectivity index (χ4n) is 2.47. The SMILES string of the molecule is Cc1ccc(N=c2scc(CC(=O)Nc3ccc(C)cc3Cl)n2C)cc1. The van der Waals surface area contributed by atoms with Gasteiger partial charge in [0.15, 0.2) is 4.80 Å². The number of aryl methyl sites for hydroxylation is 2. The maximum Gasteiger partial charge on any atom is 0.230 e. The minimum absolute atomic E-state index is 0.106. The second kappa shape index (κ2) is 7.89. The summed E-state index contributed by atoms with van der Waals surface area (Å²) in [7, 11) is 1.92. The molecule has 0 fully saturated rings. The summed E-state index contributed by atoms with van der Waals surface area (Å²) in [5.41, 5.74) is 4.69. The molecule has 6 heteroatoms. The Morgan fingerprint density at radius 1 is 1.15 bits per heavy atom. The Morgan fingerprint density at radius 3 is 2.54 bits per heavy atom. The van der Waals surface area contributed by atoms with Gasteiger partial charge in [0.1, 0.15) is 0 Å². The molecule has 0 spiro atoms. The monoisotopic (exact) mass is 385 g/mol. The van der Waals surface area contributed by atoms with Gasteiger partial charge in [0.25, 0.3) is 0 Å². The number of thiazole rings is 1. The lowest BCUT2D eigenvalue weighted by molar-refractivity contribution is -0.115. The number of hydrogen-bond donors (Lipinski definition) is 1. The molecular formula is C20H20ClN3OS. The van der Waals surface area contributed by atoms with Crippen molar-refractivity contribution >= 4 is 40.2 Å². The van der Waals surface area contributed by atoms with Gasteiger partial charge in [-0.25, -0.2) is 4.99 Å². The minimum Gasteiger partial charge on any atom is -0.324 e. The molecule has 2 aromatic carbocycles. The van der Waals surface area contributed by atoms with E-state index in [-0.39, 0.29) is 12.3 Å². The minimum atomic E-state index is -0.106. The van der Waals surface area contributed by atoms with Crippen molar-refractivity contribution in [2.45, 2.75) is 20.3 Å². The Labute approximate surface area is 161 Å². The van der Waals surface area contributed by atoms with Crippen molar-refractivity contribution < 1.29 is 4.79 Å². The average Bonchev–Trinajstić information content (AvgIpc) is 2.93. The summed E-state index contributed by atoms with van der Waals surface area (Å²) >= 11 is 7.70. The molecule has 3 rings (SSSR count). The summed E-state index contributed by atoms with van der Waals surface area (Å²) in [6, 6.07) is 13.6. The van der Waals surface area contributed by atoms with Crippen molar-refractivity contribution in [1.29, 1.82) is 0 Å². The van der Waals surface area contributed by atoms with E-state index >= 15 is 0 Å². The third kappa shape index (κ3) is 4.42. The topological polar surface area (TPSA) is 46.4 Å². The van der Waals surface area contributed by atoms with Crippen LogP contribution < -0.4 is 10.1 Å². The molecule has 1 aromatic heterocycles. The number of aromatic nitrogens is 1. The normalized spacial score (nSPS) is 11.6. The first-order chi connectivity index (χ1) is 12.4. The van der Waals surface area contributed by atoms with E-state index in [1.54, 1.807) is 0 Å². The van der Waals surface area contributed by atoms with Crippen LogP contribution >= 0.6 is 22.9 Å². The van der Waals surface area contributed by atoms with Crippen molar-refractivity contribution in [3.05, 3.63) is 74.5 Å². The predicted molar refractivity (Wildman–Crippen MR) is 108 cm³/mol. The zero-order chi connectivity index (χ0) is 18.7. The van der Waals surface area contributed by atoms with Gasteiger partial charge in [-0.1, -0.05) is 35.4 Å². The summed E-state index contributed by atoms with van der Waals surface area (Å²) in [4.78, 5) is 17.9. The second-order valence-electron chi connectivity index (χ2n) is 6.22. The molecule has 26 heavy (non-hydrogen) atoms. The number of halogens is 1. The molecule has 0 saturated heterocycles. The zero-order valence-electron chi connectivity index (χ0n) is 14.9. The number of nitrogens with zero attached hydrogens (tertiary/aromatic N) is 2. The molecule has 0 aliphatic rings. The van der Waals surface area contributed by atoms with Gasteiger partial charge < -0.3 is 9.88 Å². The van der Waals surface area contributed by atoms with Gasteiger partial charge in [-0.2, -0.15) is 0 Å². The maximum absolute atomic E-state index is 12.4. The van der Waals surface area contributed by atoms with Crippen LogP contribution in [0.5, 0.6) is 0 Å². The van der Waals surface area contributed by atoms with Crippen LogP contribution in [0.25, 0.3) is 0 Å². The van der Waals surface area contributed by atoms with E-state index < -0.39 is 0 Å². The summed E-state index contributed by atoms with van der Waals surface area (Å²) in [5.74, 6) is -0.106. The van der Waals surface area contributed by atoms with Crippen LogP contribution in [0.3, 0.4) is 0 Å². The van der Waals surface area contributed by atoms with Gasteiger partial charge in [0.05, 0.1) is 22.8 Å². The average molecular weight is 386 g/mol. The molecule has 134 valence electrons. The fraction of sp³-hybridized carbons (Fsp3) is 0.200. The van der Waals surface area contributed by atoms with E-state index in [2.05, 4.69) is 10.3 Å². The van der Waals surface area contributed by atoms with Gasteiger partial charge in [-0.3, -0.25) is 4.79 Å². The Hall–Kier alpha value is -2.37. The van der Waals surface area contributed by atoms with Gasteiger partial charge in [0, 0.05) is 18.1 Å². The van der Waals surface area contributed by atoms with Crippen LogP contribution in [-0.4, -0.2) is 10.5 Å². The lowest BCUT2D eigenvalue weighted by Crippen LogP contribution is -2.19. The Bertz CT molecular complexity index is 1000. The van der Waals surface area contributed by atoms with Crippen molar-refractivity contribution in [3.63, 3.8) is 0 Å². The van der Waals surface area contributed by atoms with E-state index in [1.807, 2.05) is 73.3 Å². The number of benzene rings is 2. The Kier molecular flexibility index (Phi) is 5.59. The van der Waals surface area contributed by atoms with E-state index in [4.69, 9.17) is 11.6 Å². The van der Waals surface area contributed by atoms with Crippen molar-refractivity contribution in [2.24, 2.45) is 12.0 Å². The smallest absolute Gasteiger partial charge is 0.230 e. The van der Waals surface area contributed by atoms with E-state index in [9.17, 15) is 4.79 Å². The molecule has 0 radical (unpaired) electrons. The van der Waals surface area contributed by atoms with E-state index in [1.165, 1.54) is 16.9 Å². The first kappa shape index (κ1) is 18.4. The number of carbonyl (C=O) groups excluding carboxylic acids is 1. The summed E-state index contributed by atoms with van der Waals surface area (Å²) in [6.07, 6.45) is 0.265. The summed E-state index contributed by atoms with van der Waals surface area (Å²) < 4.78 is 1.95. The Balaban J connectivity index is 1.75. The highest BCUT2D eigenvalue weighted by atomic mass is 35.5. The zero-order valence-corrected chi connectivity index (χ0v) is 16.5. The molecule has 1 heterocycles. The first-order valence-electron chi connectivity index (χ1n) is 8.23. The fourth-order valence-corrected chi connectivity index (χ4v) is 3.67. The summed E-state index contributed by atoms with van der Waals surface area (Å²) in [6.45, 7) is 4.01. The van der Waals surface area contributed by atoms with Crippen molar-refractivity contribution in [1.82, 2.24) is 4.57 Å². The van der Waals surface area contributed by atoms with Crippen LogP contribution in [0.4, 0.5) is 11.4 Å². The van der Waals surface area contributed by atoms with Gasteiger partial charge in [0.2, 0.25) is 5.91 Å². The van der Waals surface area contributed by atoms with Crippen LogP contribution in [0.15, 0.2) is 52.8 Å². The molecule has 4 nitrogen and oxygen atoms in total. The number of rotatable bonds is 4. The highest BCUT2D eigenvalue weighted by Gasteiger charge is 2.10. The molecule has 0 aliphatic carbocycles. The third-order valence-electron chi connectivity index (χ3n) is 4.02. The van der Waals surface area contributed by atoms with Crippen LogP contribution in [-0.2, 0) is 18.3 Å². The number of amides is 1. The lowest BCUT2D eigenvalue weighted by Gasteiger charge is -2.08. The molecular weight excluding hydrogens is 366 g/mol. The van der Waals surface area contributed by atoms with Gasteiger partial charge >= 0.3 is 0 Å². The molecule has 0 aliphatic heterocycles. The largest absolute Gasteiger partial charge is 0.324 e. The van der Waals surface area contributed by atoms with Crippen LogP contribution in [0, 0.1) is 13.8 Å². The van der Waals surface area contributed by atoms with Crippen LogP contribution in [0.2, 0.25) is 5.02 Å². The van der Waals surface area contributed by atoms with Crippen molar-refractivity contribution in [3.8, 4) is 0 Å².